The normalized spacial score (nSPS) is 21.1. The standard InChI is InChI=1S/C13H20N2O/c1-11-10-15(7-8-16-11)13-6-4-3-5-12(13)9-14-2/h3-6,11,14H,7-10H2,1-2H3. The molecule has 0 aliphatic carbocycles. The van der Waals surface area contributed by atoms with Crippen molar-refractivity contribution in [2.45, 2.75) is 19.6 Å². The number of benzene rings is 1. The summed E-state index contributed by atoms with van der Waals surface area (Å²) in [6.45, 7) is 5.86. The summed E-state index contributed by atoms with van der Waals surface area (Å²) in [7, 11) is 1.98. The molecule has 16 heavy (non-hydrogen) atoms. The molecule has 0 radical (unpaired) electrons. The monoisotopic (exact) mass is 220 g/mol. The highest BCUT2D eigenvalue weighted by atomic mass is 16.5. The van der Waals surface area contributed by atoms with Crippen LogP contribution in [0.5, 0.6) is 0 Å². The number of hydrogen-bond acceptors (Lipinski definition) is 3. The number of para-hydroxylation sites is 1. The topological polar surface area (TPSA) is 24.5 Å². The molecule has 2 rings (SSSR count). The maximum Gasteiger partial charge on any atom is 0.0722 e. The molecule has 3 heteroatoms. The van der Waals surface area contributed by atoms with Gasteiger partial charge in [0.05, 0.1) is 12.7 Å². The van der Waals surface area contributed by atoms with Crippen molar-refractivity contribution in [1.29, 1.82) is 0 Å². The molecular formula is C13H20N2O. The van der Waals surface area contributed by atoms with Crippen molar-refractivity contribution in [3.05, 3.63) is 29.8 Å². The Kier molecular flexibility index (Phi) is 3.80. The van der Waals surface area contributed by atoms with E-state index < -0.39 is 0 Å². The van der Waals surface area contributed by atoms with Gasteiger partial charge in [-0.05, 0) is 25.6 Å². The first-order chi connectivity index (χ1) is 7.81. The summed E-state index contributed by atoms with van der Waals surface area (Å²) in [4.78, 5) is 2.42. The van der Waals surface area contributed by atoms with Crippen LogP contribution in [0, 0.1) is 0 Å². The Hall–Kier alpha value is -1.06. The third-order valence-corrected chi connectivity index (χ3v) is 2.94. The van der Waals surface area contributed by atoms with Crippen LogP contribution in [0.4, 0.5) is 5.69 Å². The van der Waals surface area contributed by atoms with Gasteiger partial charge in [0, 0.05) is 25.3 Å². The van der Waals surface area contributed by atoms with E-state index in [4.69, 9.17) is 4.74 Å². The molecule has 0 saturated carbocycles. The Morgan fingerprint density at radius 1 is 1.44 bits per heavy atom. The third-order valence-electron chi connectivity index (χ3n) is 2.94. The Labute approximate surface area is 97.4 Å². The summed E-state index contributed by atoms with van der Waals surface area (Å²) >= 11 is 0. The minimum absolute atomic E-state index is 0.330. The van der Waals surface area contributed by atoms with E-state index in [1.165, 1.54) is 11.3 Å². The third kappa shape index (κ3) is 2.54. The summed E-state index contributed by atoms with van der Waals surface area (Å²) in [5, 5.41) is 3.22. The molecule has 3 nitrogen and oxygen atoms in total. The van der Waals surface area contributed by atoms with Crippen LogP contribution < -0.4 is 10.2 Å². The van der Waals surface area contributed by atoms with Gasteiger partial charge in [-0.2, -0.15) is 0 Å². The maximum atomic E-state index is 5.57. The molecule has 1 fully saturated rings. The van der Waals surface area contributed by atoms with Crippen molar-refractivity contribution >= 4 is 5.69 Å². The number of rotatable bonds is 3. The van der Waals surface area contributed by atoms with Gasteiger partial charge in [0.2, 0.25) is 0 Å². The van der Waals surface area contributed by atoms with E-state index in [-0.39, 0.29) is 0 Å². The van der Waals surface area contributed by atoms with E-state index in [1.54, 1.807) is 0 Å². The predicted octanol–water partition coefficient (Wildman–Crippen LogP) is 1.63. The number of hydrogen-bond donors (Lipinski definition) is 1. The fourth-order valence-corrected chi connectivity index (χ4v) is 2.20. The summed E-state index contributed by atoms with van der Waals surface area (Å²) in [6, 6.07) is 8.59. The van der Waals surface area contributed by atoms with Gasteiger partial charge in [0.15, 0.2) is 0 Å². The van der Waals surface area contributed by atoms with Gasteiger partial charge in [0.25, 0.3) is 0 Å². The number of anilines is 1. The van der Waals surface area contributed by atoms with Gasteiger partial charge < -0.3 is 15.0 Å². The van der Waals surface area contributed by atoms with Gasteiger partial charge >= 0.3 is 0 Å². The molecule has 1 unspecified atom stereocenters. The second-order valence-corrected chi connectivity index (χ2v) is 4.29. The Balaban J connectivity index is 2.17. The van der Waals surface area contributed by atoms with Crippen LogP contribution in [0.2, 0.25) is 0 Å². The minimum atomic E-state index is 0.330. The highest BCUT2D eigenvalue weighted by Gasteiger charge is 2.18. The molecule has 1 heterocycles. The van der Waals surface area contributed by atoms with Crippen molar-refractivity contribution in [2.24, 2.45) is 0 Å². The molecule has 0 spiro atoms. The highest BCUT2D eigenvalue weighted by Crippen LogP contribution is 2.22. The van der Waals surface area contributed by atoms with Crippen LogP contribution in [-0.4, -0.2) is 32.8 Å². The molecule has 1 aliphatic heterocycles. The summed E-state index contributed by atoms with van der Waals surface area (Å²) < 4.78 is 5.57. The first-order valence-corrected chi connectivity index (χ1v) is 5.90. The van der Waals surface area contributed by atoms with Crippen LogP contribution in [0.1, 0.15) is 12.5 Å². The molecule has 1 N–H and O–H groups in total. The lowest BCUT2D eigenvalue weighted by atomic mass is 10.1. The summed E-state index contributed by atoms with van der Waals surface area (Å²) in [5.41, 5.74) is 2.70. The van der Waals surface area contributed by atoms with Gasteiger partial charge in [-0.3, -0.25) is 0 Å². The fraction of sp³-hybridized carbons (Fsp3) is 0.538. The van der Waals surface area contributed by atoms with Crippen LogP contribution in [0.3, 0.4) is 0 Å². The highest BCUT2D eigenvalue weighted by molar-refractivity contribution is 5.54. The van der Waals surface area contributed by atoms with E-state index in [1.807, 2.05) is 7.05 Å². The summed E-state index contributed by atoms with van der Waals surface area (Å²) in [5.74, 6) is 0. The van der Waals surface area contributed by atoms with Gasteiger partial charge in [-0.1, -0.05) is 18.2 Å². The van der Waals surface area contributed by atoms with E-state index in [0.29, 0.717) is 6.10 Å². The maximum absolute atomic E-state index is 5.57. The van der Waals surface area contributed by atoms with Crippen molar-refractivity contribution in [3.63, 3.8) is 0 Å². The minimum Gasteiger partial charge on any atom is -0.375 e. The van der Waals surface area contributed by atoms with Crippen molar-refractivity contribution in [2.75, 3.05) is 31.6 Å². The van der Waals surface area contributed by atoms with Crippen LogP contribution in [-0.2, 0) is 11.3 Å². The number of ether oxygens (including phenoxy) is 1. The molecule has 88 valence electrons. The second kappa shape index (κ2) is 5.32. The van der Waals surface area contributed by atoms with Crippen molar-refractivity contribution in [1.82, 2.24) is 5.32 Å². The largest absolute Gasteiger partial charge is 0.375 e. The van der Waals surface area contributed by atoms with Gasteiger partial charge in [-0.25, -0.2) is 0 Å². The smallest absolute Gasteiger partial charge is 0.0722 e. The number of nitrogens with zero attached hydrogens (tertiary/aromatic N) is 1. The lowest BCUT2D eigenvalue weighted by molar-refractivity contribution is 0.0531. The number of morpholine rings is 1. The van der Waals surface area contributed by atoms with Gasteiger partial charge in [-0.15, -0.1) is 0 Å². The first-order valence-electron chi connectivity index (χ1n) is 5.90. The van der Waals surface area contributed by atoms with Gasteiger partial charge in [0.1, 0.15) is 0 Å². The van der Waals surface area contributed by atoms with E-state index in [9.17, 15) is 0 Å². The predicted molar refractivity (Wildman–Crippen MR) is 66.8 cm³/mol. The van der Waals surface area contributed by atoms with Crippen molar-refractivity contribution in [3.8, 4) is 0 Å². The molecule has 0 aromatic heterocycles. The lowest BCUT2D eigenvalue weighted by Gasteiger charge is -2.34. The Morgan fingerprint density at radius 3 is 3.00 bits per heavy atom. The average Bonchev–Trinajstić information content (AvgIpc) is 2.30. The Morgan fingerprint density at radius 2 is 2.25 bits per heavy atom. The van der Waals surface area contributed by atoms with Crippen molar-refractivity contribution < 1.29 is 4.74 Å². The SMILES string of the molecule is CNCc1ccccc1N1CCOC(C)C1. The molecule has 1 aromatic rings. The zero-order valence-corrected chi connectivity index (χ0v) is 10.1. The average molecular weight is 220 g/mol. The fourth-order valence-electron chi connectivity index (χ4n) is 2.20. The first kappa shape index (κ1) is 11.4. The lowest BCUT2D eigenvalue weighted by Crippen LogP contribution is -2.41. The molecule has 1 atom stereocenters. The van der Waals surface area contributed by atoms with Crippen LogP contribution >= 0.6 is 0 Å². The number of nitrogens with one attached hydrogen (secondary N) is 1. The van der Waals surface area contributed by atoms with Crippen LogP contribution in [0.25, 0.3) is 0 Å². The van der Waals surface area contributed by atoms with E-state index in [0.717, 1.165) is 26.2 Å². The molecular weight excluding hydrogens is 200 g/mol. The van der Waals surface area contributed by atoms with E-state index in [2.05, 4.69) is 41.4 Å². The summed E-state index contributed by atoms with van der Waals surface area (Å²) in [6.07, 6.45) is 0.330. The van der Waals surface area contributed by atoms with Crippen LogP contribution in [0.15, 0.2) is 24.3 Å². The molecule has 1 aliphatic rings. The second-order valence-electron chi connectivity index (χ2n) is 4.29. The molecule has 1 saturated heterocycles. The quantitative estimate of drug-likeness (QED) is 0.838. The zero-order chi connectivity index (χ0) is 11.4. The molecule has 0 amide bonds. The van der Waals surface area contributed by atoms with E-state index >= 15 is 0 Å². The zero-order valence-electron chi connectivity index (χ0n) is 10.1. The molecule has 0 bridgehead atoms. The Bertz CT molecular complexity index is 340. The molecule has 1 aromatic carbocycles.